The Bertz CT molecular complexity index is 1380. The Morgan fingerprint density at radius 3 is 2.26 bits per heavy atom. The third-order valence-electron chi connectivity index (χ3n) is 4.72. The summed E-state index contributed by atoms with van der Waals surface area (Å²) < 4.78 is 70.7. The first-order valence-corrected chi connectivity index (χ1v) is 11.1. The van der Waals surface area contributed by atoms with Crippen molar-refractivity contribution < 1.29 is 26.3 Å². The van der Waals surface area contributed by atoms with Gasteiger partial charge in [0, 0.05) is 11.9 Å². The zero-order chi connectivity index (χ0) is 22.4. The van der Waals surface area contributed by atoms with Gasteiger partial charge in [0.25, 0.3) is 0 Å². The number of ether oxygens (including phenoxy) is 1. The molecule has 0 unspecified atom stereocenters. The number of hydrogen-bond donors (Lipinski definition) is 0. The molecule has 1 heterocycles. The van der Waals surface area contributed by atoms with E-state index < -0.39 is 21.6 Å². The van der Waals surface area contributed by atoms with Crippen molar-refractivity contribution >= 4 is 20.9 Å². The highest BCUT2D eigenvalue weighted by Gasteiger charge is 2.34. The Balaban J connectivity index is 1.68. The molecule has 0 N–H and O–H groups in total. The molecule has 0 amide bonds. The molecule has 0 saturated heterocycles. The molecule has 0 atom stereocenters. The highest BCUT2D eigenvalue weighted by Crippen LogP contribution is 2.35. The predicted molar refractivity (Wildman–Crippen MR) is 110 cm³/mol. The van der Waals surface area contributed by atoms with Crippen LogP contribution in [0.4, 0.5) is 13.2 Å². The summed E-state index contributed by atoms with van der Waals surface area (Å²) >= 11 is 0. The van der Waals surface area contributed by atoms with E-state index in [2.05, 4.69) is 4.98 Å². The summed E-state index contributed by atoms with van der Waals surface area (Å²) in [6.45, 7) is 1.64. The van der Waals surface area contributed by atoms with E-state index in [9.17, 15) is 21.6 Å². The fourth-order valence-corrected chi connectivity index (χ4v) is 3.99. The van der Waals surface area contributed by atoms with E-state index in [4.69, 9.17) is 4.74 Å². The van der Waals surface area contributed by atoms with Crippen LogP contribution in [0, 0.1) is 6.92 Å². The zero-order valence-corrected chi connectivity index (χ0v) is 17.3. The Labute approximate surface area is 176 Å². The molecule has 31 heavy (non-hydrogen) atoms. The van der Waals surface area contributed by atoms with Crippen molar-refractivity contribution in [3.63, 3.8) is 0 Å². The van der Waals surface area contributed by atoms with Gasteiger partial charge in [-0.3, -0.25) is 4.57 Å². The van der Waals surface area contributed by atoms with Crippen LogP contribution in [0.15, 0.2) is 71.6 Å². The fourth-order valence-electron chi connectivity index (χ4n) is 3.34. The highest BCUT2D eigenvalue weighted by molar-refractivity contribution is 7.90. The standard InChI is InChI=1S/C22H17F3N2O3S/c1-14-26-21-19(22(23,24)25)7-4-8-20(21)27(14)15-9-11-16(12-10-15)30-17-5-3-6-18(13-17)31(2,28)29/h3-13H,1-2H3. The van der Waals surface area contributed by atoms with Gasteiger partial charge < -0.3 is 4.74 Å². The second-order valence-corrected chi connectivity index (χ2v) is 9.02. The Morgan fingerprint density at radius 2 is 1.61 bits per heavy atom. The molecule has 4 rings (SSSR count). The first-order valence-electron chi connectivity index (χ1n) is 9.18. The van der Waals surface area contributed by atoms with Gasteiger partial charge in [0.15, 0.2) is 9.84 Å². The van der Waals surface area contributed by atoms with Gasteiger partial charge >= 0.3 is 6.18 Å². The van der Waals surface area contributed by atoms with Crippen LogP contribution in [0.5, 0.6) is 11.5 Å². The van der Waals surface area contributed by atoms with Crippen molar-refractivity contribution in [2.24, 2.45) is 0 Å². The monoisotopic (exact) mass is 446 g/mol. The van der Waals surface area contributed by atoms with E-state index in [1.54, 1.807) is 54.0 Å². The largest absolute Gasteiger partial charge is 0.457 e. The topological polar surface area (TPSA) is 61.2 Å². The van der Waals surface area contributed by atoms with Gasteiger partial charge in [0.05, 0.1) is 16.0 Å². The number of halogens is 3. The van der Waals surface area contributed by atoms with Crippen LogP contribution in [0.3, 0.4) is 0 Å². The maximum absolute atomic E-state index is 13.3. The Kier molecular flexibility index (Phi) is 5.01. The first kappa shape index (κ1) is 20.9. The summed E-state index contributed by atoms with van der Waals surface area (Å²) in [5.74, 6) is 1.23. The van der Waals surface area contributed by atoms with Crippen molar-refractivity contribution in [1.82, 2.24) is 9.55 Å². The quantitative estimate of drug-likeness (QED) is 0.413. The van der Waals surface area contributed by atoms with Crippen molar-refractivity contribution in [2.45, 2.75) is 18.0 Å². The molecule has 0 fully saturated rings. The summed E-state index contributed by atoms with van der Waals surface area (Å²) in [6, 6.07) is 16.8. The molecule has 0 radical (unpaired) electrons. The van der Waals surface area contributed by atoms with Gasteiger partial charge in [-0.05, 0) is 61.5 Å². The van der Waals surface area contributed by atoms with E-state index in [1.807, 2.05) is 0 Å². The van der Waals surface area contributed by atoms with E-state index >= 15 is 0 Å². The molecule has 0 aliphatic heterocycles. The number of aryl methyl sites for hydroxylation is 1. The lowest BCUT2D eigenvalue weighted by Gasteiger charge is -2.11. The van der Waals surface area contributed by atoms with Gasteiger partial charge in [-0.2, -0.15) is 13.2 Å². The highest BCUT2D eigenvalue weighted by atomic mass is 32.2. The lowest BCUT2D eigenvalue weighted by atomic mass is 10.1. The minimum Gasteiger partial charge on any atom is -0.457 e. The molecular weight excluding hydrogens is 429 g/mol. The van der Waals surface area contributed by atoms with E-state index in [1.165, 1.54) is 18.2 Å². The number of nitrogens with zero attached hydrogens (tertiary/aromatic N) is 2. The number of imidazole rings is 1. The smallest absolute Gasteiger partial charge is 0.418 e. The molecule has 5 nitrogen and oxygen atoms in total. The number of hydrogen-bond acceptors (Lipinski definition) is 4. The number of alkyl halides is 3. The van der Waals surface area contributed by atoms with Gasteiger partial charge in [0.1, 0.15) is 22.8 Å². The van der Waals surface area contributed by atoms with Crippen molar-refractivity contribution in [3.8, 4) is 17.2 Å². The van der Waals surface area contributed by atoms with Gasteiger partial charge in [-0.15, -0.1) is 0 Å². The Morgan fingerprint density at radius 1 is 0.935 bits per heavy atom. The first-order chi connectivity index (χ1) is 14.5. The summed E-state index contributed by atoms with van der Waals surface area (Å²) in [7, 11) is -3.36. The SMILES string of the molecule is Cc1nc2c(C(F)(F)F)cccc2n1-c1ccc(Oc2cccc(S(C)(=O)=O)c2)cc1. The van der Waals surface area contributed by atoms with E-state index in [0.29, 0.717) is 28.5 Å². The molecule has 0 spiro atoms. The van der Waals surface area contributed by atoms with Gasteiger partial charge in [-0.25, -0.2) is 13.4 Å². The van der Waals surface area contributed by atoms with Crippen LogP contribution in [-0.4, -0.2) is 24.2 Å². The van der Waals surface area contributed by atoms with E-state index in [-0.39, 0.29) is 10.4 Å². The molecule has 0 aliphatic rings. The van der Waals surface area contributed by atoms with Crippen LogP contribution < -0.4 is 4.74 Å². The third-order valence-corrected chi connectivity index (χ3v) is 5.83. The molecule has 0 saturated carbocycles. The Hall–Kier alpha value is -3.33. The summed E-state index contributed by atoms with van der Waals surface area (Å²) in [4.78, 5) is 4.27. The fraction of sp³-hybridized carbons (Fsp3) is 0.136. The number of benzene rings is 3. The summed E-state index contributed by atoms with van der Waals surface area (Å²) in [6.07, 6.45) is -3.38. The molecule has 0 aliphatic carbocycles. The average molecular weight is 446 g/mol. The zero-order valence-electron chi connectivity index (χ0n) is 16.5. The van der Waals surface area contributed by atoms with Crippen LogP contribution >= 0.6 is 0 Å². The maximum atomic E-state index is 13.3. The number of rotatable bonds is 4. The second kappa shape index (κ2) is 7.42. The van der Waals surface area contributed by atoms with Crippen LogP contribution in [0.2, 0.25) is 0 Å². The van der Waals surface area contributed by atoms with Crippen molar-refractivity contribution in [3.05, 3.63) is 78.1 Å². The molecule has 9 heteroatoms. The van der Waals surface area contributed by atoms with E-state index in [0.717, 1.165) is 12.3 Å². The number of para-hydroxylation sites is 1. The van der Waals surface area contributed by atoms with Crippen molar-refractivity contribution in [1.29, 1.82) is 0 Å². The summed E-state index contributed by atoms with van der Waals surface area (Å²) in [5, 5.41) is 0. The van der Waals surface area contributed by atoms with Crippen molar-refractivity contribution in [2.75, 3.05) is 6.26 Å². The lowest BCUT2D eigenvalue weighted by molar-refractivity contribution is -0.136. The van der Waals surface area contributed by atoms with Gasteiger partial charge in [0.2, 0.25) is 0 Å². The van der Waals surface area contributed by atoms with Crippen LogP contribution in [0.25, 0.3) is 16.7 Å². The molecule has 3 aromatic carbocycles. The average Bonchev–Trinajstić information content (AvgIpc) is 3.03. The third kappa shape index (κ3) is 4.13. The second-order valence-electron chi connectivity index (χ2n) is 7.01. The summed E-state index contributed by atoms with van der Waals surface area (Å²) in [5.41, 5.74) is 0.0846. The minimum absolute atomic E-state index is 0.106. The maximum Gasteiger partial charge on any atom is 0.418 e. The predicted octanol–water partition coefficient (Wildman–Crippen LogP) is 5.55. The number of sulfone groups is 1. The number of fused-ring (bicyclic) bond motifs is 1. The van der Waals surface area contributed by atoms with Crippen LogP contribution in [-0.2, 0) is 16.0 Å². The molecule has 160 valence electrons. The molecular formula is C22H17F3N2O3S. The molecule has 0 bridgehead atoms. The minimum atomic E-state index is -4.50. The van der Waals surface area contributed by atoms with Gasteiger partial charge in [-0.1, -0.05) is 12.1 Å². The molecule has 4 aromatic rings. The normalized spacial score (nSPS) is 12.3. The van der Waals surface area contributed by atoms with Crippen LogP contribution in [0.1, 0.15) is 11.4 Å². The molecule has 1 aromatic heterocycles. The number of aromatic nitrogens is 2. The lowest BCUT2D eigenvalue weighted by Crippen LogP contribution is -2.05.